The third-order valence-electron chi connectivity index (χ3n) is 14.9. The Balaban J connectivity index is 0.777. The van der Waals surface area contributed by atoms with Crippen LogP contribution in [-0.2, 0) is 70.5 Å². The summed E-state index contributed by atoms with van der Waals surface area (Å²) in [6.45, 7) is 0.769. The van der Waals surface area contributed by atoms with Crippen LogP contribution in [0.2, 0.25) is 0 Å². The van der Waals surface area contributed by atoms with Crippen molar-refractivity contribution in [3.05, 3.63) is 105 Å². The molecule has 0 unspecified atom stereocenters. The monoisotopic (exact) mass is 1180 g/mol. The number of fused-ring (bicyclic) bond motifs is 6. The minimum absolute atomic E-state index is 0.0645. The molecule has 0 bridgehead atoms. The average molecular weight is 1180 g/mol. The maximum absolute atomic E-state index is 14.3. The summed E-state index contributed by atoms with van der Waals surface area (Å²) in [6, 6.07) is 13.0. The second kappa shape index (κ2) is 24.8. The number of amides is 6. The van der Waals surface area contributed by atoms with Crippen molar-refractivity contribution in [1.29, 1.82) is 5.26 Å². The number of hydrogen-bond donors (Lipinski definition) is 9. The number of methoxy groups -OCH3 is 2. The Morgan fingerprint density at radius 3 is 2.25 bits per heavy atom. The van der Waals surface area contributed by atoms with Gasteiger partial charge >= 0.3 is 0 Å². The number of aromatic nitrogens is 1. The molecule has 0 saturated carbocycles. The van der Waals surface area contributed by atoms with Crippen molar-refractivity contribution in [3.8, 4) is 23.3 Å². The van der Waals surface area contributed by atoms with Crippen LogP contribution in [0.25, 0.3) is 0 Å². The zero-order valence-electron chi connectivity index (χ0n) is 45.6. The summed E-state index contributed by atoms with van der Waals surface area (Å²) in [5.74, 6) is -7.34. The first kappa shape index (κ1) is 60.1. The van der Waals surface area contributed by atoms with Gasteiger partial charge in [0.05, 0.1) is 73.4 Å². The summed E-state index contributed by atoms with van der Waals surface area (Å²) in [7, 11) is -0.983. The van der Waals surface area contributed by atoms with Gasteiger partial charge in [-0.2, -0.15) is 5.26 Å². The number of ketones is 2. The molecule has 28 nitrogen and oxygen atoms in total. The molecule has 1 aromatic heterocycles. The van der Waals surface area contributed by atoms with Crippen LogP contribution in [0.15, 0.2) is 59.8 Å². The maximum atomic E-state index is 14.3. The van der Waals surface area contributed by atoms with Crippen molar-refractivity contribution in [3.63, 3.8) is 0 Å². The van der Waals surface area contributed by atoms with Crippen molar-refractivity contribution in [2.75, 3.05) is 65.1 Å². The van der Waals surface area contributed by atoms with Gasteiger partial charge in [0, 0.05) is 93.3 Å². The van der Waals surface area contributed by atoms with Gasteiger partial charge in [0.1, 0.15) is 35.0 Å². The Morgan fingerprint density at radius 2 is 1.57 bits per heavy atom. The fourth-order valence-corrected chi connectivity index (χ4v) is 11.6. The van der Waals surface area contributed by atoms with Crippen LogP contribution in [0.5, 0.6) is 17.2 Å². The van der Waals surface area contributed by atoms with Gasteiger partial charge < -0.3 is 75.6 Å². The van der Waals surface area contributed by atoms with E-state index in [0.29, 0.717) is 24.4 Å². The molecule has 3 aromatic carbocycles. The summed E-state index contributed by atoms with van der Waals surface area (Å²) in [5.41, 5.74) is -3.52. The Labute approximate surface area is 479 Å². The van der Waals surface area contributed by atoms with E-state index in [-0.39, 0.29) is 71.1 Å². The van der Waals surface area contributed by atoms with E-state index in [0.717, 1.165) is 18.5 Å². The number of aliphatic hydroxyl groups is 1. The van der Waals surface area contributed by atoms with Crippen LogP contribution in [-0.4, -0.2) is 183 Å². The lowest BCUT2D eigenvalue weighted by Gasteiger charge is -2.43. The number of anilines is 1. The number of ether oxygens (including phenoxy) is 6. The molecule has 444 valence electrons. The van der Waals surface area contributed by atoms with Crippen molar-refractivity contribution >= 4 is 62.5 Å². The predicted molar refractivity (Wildman–Crippen MR) is 287 cm³/mol. The molecular weight excluding hydrogens is 1120 g/mol. The molecule has 9 N–H and O–H groups in total. The normalized spacial score (nSPS) is 23.2. The van der Waals surface area contributed by atoms with E-state index in [2.05, 4.69) is 41.8 Å². The lowest BCUT2D eigenvalue weighted by atomic mass is 9.72. The molecule has 2 aliphatic carbocycles. The Bertz CT molecular complexity index is 3500. The third-order valence-corrected chi connectivity index (χ3v) is 15.9. The van der Waals surface area contributed by atoms with Crippen molar-refractivity contribution in [1.82, 2.24) is 36.5 Å². The second-order valence-corrected chi connectivity index (χ2v) is 22.4. The van der Waals surface area contributed by atoms with Crippen LogP contribution < -0.4 is 36.6 Å². The van der Waals surface area contributed by atoms with Gasteiger partial charge in [-0.25, -0.2) is 13.4 Å². The van der Waals surface area contributed by atoms with E-state index in [9.17, 15) is 67.4 Å². The number of rotatable bonds is 19. The SMILES string of the molecule is COc1cccc2c1C(=O)c1c(O)c3c(c(O)c1C2=O)C[C@@](O)(C(=O)NCc1ccc(NC(=O)CNC(=O)CNC(=O)CNC(=O)CCNC(=O)c2cnc(S(C)(=O)=O)c(C#N)c2)cc1)C[C@@H]3O[C@H]1C[C@H]2[C@H](O[C@@H]3[C@@H](OC)OCCN32)[C@H](C)O1. The molecule has 6 amide bonds. The van der Waals surface area contributed by atoms with E-state index in [4.69, 9.17) is 28.4 Å². The lowest BCUT2D eigenvalue weighted by Crippen LogP contribution is -2.55. The molecule has 8 atom stereocenters. The quantitative estimate of drug-likeness (QED) is 0.0459. The number of hydrogen-bond acceptors (Lipinski definition) is 22. The molecule has 84 heavy (non-hydrogen) atoms. The summed E-state index contributed by atoms with van der Waals surface area (Å²) >= 11 is 0. The molecule has 0 spiro atoms. The molecule has 3 fully saturated rings. The first-order valence-electron chi connectivity index (χ1n) is 26.4. The number of benzene rings is 3. The number of carbonyl (C=O) groups excluding carboxylic acids is 8. The van der Waals surface area contributed by atoms with Gasteiger partial charge in [0.2, 0.25) is 29.4 Å². The third kappa shape index (κ3) is 12.4. The highest BCUT2D eigenvalue weighted by atomic mass is 32.2. The number of carbonyl (C=O) groups is 8. The summed E-state index contributed by atoms with van der Waals surface area (Å²) < 4.78 is 59.6. The smallest absolute Gasteiger partial charge is 0.252 e. The molecule has 3 saturated heterocycles. The number of aromatic hydroxyl groups is 2. The minimum Gasteiger partial charge on any atom is -0.507 e. The maximum Gasteiger partial charge on any atom is 0.252 e. The van der Waals surface area contributed by atoms with E-state index in [1.54, 1.807) is 25.1 Å². The zero-order valence-corrected chi connectivity index (χ0v) is 46.5. The van der Waals surface area contributed by atoms with Gasteiger partial charge in [-0.05, 0) is 36.8 Å². The first-order valence-corrected chi connectivity index (χ1v) is 28.2. The van der Waals surface area contributed by atoms with Crippen LogP contribution in [0.1, 0.15) is 96.7 Å². The summed E-state index contributed by atoms with van der Waals surface area (Å²) in [4.78, 5) is 111. The molecule has 5 aliphatic rings. The molecule has 29 heteroatoms. The topological polar surface area (TPSA) is 399 Å². The van der Waals surface area contributed by atoms with Crippen molar-refractivity contribution < 1.29 is 90.5 Å². The lowest BCUT2D eigenvalue weighted by molar-refractivity contribution is -0.256. The van der Waals surface area contributed by atoms with Crippen LogP contribution in [0, 0.1) is 11.3 Å². The van der Waals surface area contributed by atoms with Crippen LogP contribution >= 0.6 is 0 Å². The molecule has 4 aromatic rings. The van der Waals surface area contributed by atoms with E-state index in [1.165, 1.54) is 44.6 Å². The van der Waals surface area contributed by atoms with Crippen LogP contribution in [0.4, 0.5) is 5.69 Å². The Morgan fingerprint density at radius 1 is 0.881 bits per heavy atom. The number of nitrogens with zero attached hydrogens (tertiary/aromatic N) is 3. The molecular formula is C55H59N9O19S. The fourth-order valence-electron chi connectivity index (χ4n) is 10.9. The molecule has 3 aliphatic heterocycles. The van der Waals surface area contributed by atoms with Crippen molar-refractivity contribution in [2.45, 2.75) is 92.9 Å². The van der Waals surface area contributed by atoms with Gasteiger partial charge in [0.15, 0.2) is 39.5 Å². The first-order chi connectivity index (χ1) is 40.0. The number of phenolic OH excluding ortho intramolecular Hbond substituents is 2. The number of morpholine rings is 1. The van der Waals surface area contributed by atoms with Crippen LogP contribution in [0.3, 0.4) is 0 Å². The summed E-state index contributed by atoms with van der Waals surface area (Å²) in [6.07, 6.45) is -3.97. The molecule has 4 heterocycles. The van der Waals surface area contributed by atoms with Gasteiger partial charge in [-0.1, -0.05) is 24.3 Å². The van der Waals surface area contributed by atoms with Gasteiger partial charge in [-0.3, -0.25) is 43.3 Å². The number of phenols is 2. The minimum atomic E-state index is -3.81. The fraction of sp³-hybridized carbons (Fsp3) is 0.418. The Hall–Kier alpha value is -8.47. The largest absolute Gasteiger partial charge is 0.507 e. The highest BCUT2D eigenvalue weighted by Crippen LogP contribution is 2.53. The average Bonchev–Trinajstić information content (AvgIpc) is 0.860. The number of sulfone groups is 1. The predicted octanol–water partition coefficient (Wildman–Crippen LogP) is -0.756. The molecule has 9 rings (SSSR count). The van der Waals surface area contributed by atoms with E-state index in [1.807, 2.05) is 0 Å². The van der Waals surface area contributed by atoms with E-state index < -0.39 is 160 Å². The molecule has 0 radical (unpaired) electrons. The van der Waals surface area contributed by atoms with Crippen molar-refractivity contribution in [2.24, 2.45) is 0 Å². The zero-order chi connectivity index (χ0) is 60.4. The number of nitrogens with one attached hydrogen (secondary N) is 6. The highest BCUT2D eigenvalue weighted by Gasteiger charge is 2.55. The standard InChI is InChI=1S/C55H59N9O19S/c1-26-49-33(64-14-15-80-53(79-3)52(64)83-49)17-40(81-26)82-35-19-55(75,18-32-42(35)48(72)44-43(46(32)70)45(69)31-6-5-7-34(78-2)41(31)47(44)71)54(74)62-21-27-8-10-30(11-9-27)63-39(68)25-60-38(67)24-59-37(66)23-58-36(65)12-13-57-50(73)29-16-28(20-56)51(61-22-29)84(4,76)77/h5-11,16,22,26,33,35,40,49,52-53,70,72,75H,12-15,17-19,21,23-25H2,1-4H3,(H,57,73)(H,58,65)(H,59,66)(H,60,67)(H,62,74)(H,63,68)/t26-,33-,35-,40-,49+,52+,53-,55-/m0/s1. The highest BCUT2D eigenvalue weighted by molar-refractivity contribution is 7.90. The van der Waals surface area contributed by atoms with Gasteiger partial charge in [0.25, 0.3) is 11.8 Å². The summed E-state index contributed by atoms with van der Waals surface area (Å²) in [5, 5.41) is 60.0. The number of nitriles is 1. The van der Waals surface area contributed by atoms with E-state index >= 15 is 0 Å². The number of pyridine rings is 1. The second-order valence-electron chi connectivity index (χ2n) is 20.4. The van der Waals surface area contributed by atoms with Gasteiger partial charge in [-0.15, -0.1) is 0 Å². The Kier molecular flexibility index (Phi) is 17.7.